The first-order valence-electron chi connectivity index (χ1n) is 10.8. The number of para-hydroxylation sites is 2. The number of carbonyl (C=O) groups excluding carboxylic acids is 1. The van der Waals surface area contributed by atoms with E-state index in [0.717, 1.165) is 55.3 Å². The van der Waals surface area contributed by atoms with E-state index in [1.807, 2.05) is 18.2 Å². The topological polar surface area (TPSA) is 59.4 Å². The molecule has 0 radical (unpaired) electrons. The third-order valence-electron chi connectivity index (χ3n) is 6.57. The Labute approximate surface area is 166 Å². The standard InChI is InChI=1S/C22H30N4O2/c1-2-21-24-18-5-3-4-6-19(18)26(21)10-9-22(27)23-16-11-17-14-28-20(15-7-8-15)13-25(17)12-16/h3-6,15-17,20H,2,7-14H2,1H3,(H,23,27)/t16-,17+,20-/m1/s1. The number of rotatable bonds is 6. The molecule has 3 aliphatic rings. The Morgan fingerprint density at radius 2 is 2.14 bits per heavy atom. The maximum atomic E-state index is 12.6. The number of amides is 1. The van der Waals surface area contributed by atoms with Crippen molar-refractivity contribution < 1.29 is 9.53 Å². The lowest BCUT2D eigenvalue weighted by Crippen LogP contribution is -2.47. The minimum Gasteiger partial charge on any atom is -0.375 e. The van der Waals surface area contributed by atoms with E-state index in [-0.39, 0.29) is 11.9 Å². The van der Waals surface area contributed by atoms with Crippen LogP contribution in [0.25, 0.3) is 11.0 Å². The summed E-state index contributed by atoms with van der Waals surface area (Å²) in [6, 6.07) is 8.90. The molecule has 3 fully saturated rings. The number of nitrogens with zero attached hydrogens (tertiary/aromatic N) is 3. The Morgan fingerprint density at radius 3 is 2.96 bits per heavy atom. The molecule has 2 aromatic rings. The minimum absolute atomic E-state index is 0.143. The summed E-state index contributed by atoms with van der Waals surface area (Å²) in [5.74, 6) is 1.98. The lowest BCUT2D eigenvalue weighted by Gasteiger charge is -2.35. The molecule has 1 saturated carbocycles. The molecular formula is C22H30N4O2. The second-order valence-corrected chi connectivity index (χ2v) is 8.59. The maximum Gasteiger partial charge on any atom is 0.222 e. The van der Waals surface area contributed by atoms with Crippen LogP contribution < -0.4 is 5.32 Å². The van der Waals surface area contributed by atoms with Crippen molar-refractivity contribution in [2.75, 3.05) is 19.7 Å². The van der Waals surface area contributed by atoms with E-state index in [2.05, 4.69) is 27.8 Å². The molecule has 6 heteroatoms. The van der Waals surface area contributed by atoms with E-state index in [4.69, 9.17) is 9.72 Å². The van der Waals surface area contributed by atoms with Crippen molar-refractivity contribution in [3.05, 3.63) is 30.1 Å². The van der Waals surface area contributed by atoms with Crippen molar-refractivity contribution in [3.8, 4) is 0 Å². The molecule has 2 saturated heterocycles. The lowest BCUT2D eigenvalue weighted by atomic mass is 10.1. The zero-order valence-corrected chi connectivity index (χ0v) is 16.6. The van der Waals surface area contributed by atoms with Gasteiger partial charge in [0.05, 0.1) is 23.7 Å². The first kappa shape index (κ1) is 18.1. The minimum atomic E-state index is 0.143. The normalized spacial score (nSPS) is 27.8. The number of imidazole rings is 1. The van der Waals surface area contributed by atoms with Gasteiger partial charge < -0.3 is 14.6 Å². The number of nitrogens with one attached hydrogen (secondary N) is 1. The van der Waals surface area contributed by atoms with Gasteiger partial charge in [0.2, 0.25) is 5.91 Å². The van der Waals surface area contributed by atoms with Crippen molar-refractivity contribution in [3.63, 3.8) is 0 Å². The van der Waals surface area contributed by atoms with Gasteiger partial charge in [-0.1, -0.05) is 19.1 Å². The highest BCUT2D eigenvalue weighted by Crippen LogP contribution is 2.37. The molecule has 6 nitrogen and oxygen atoms in total. The molecule has 1 aromatic heterocycles. The van der Waals surface area contributed by atoms with Crippen LogP contribution >= 0.6 is 0 Å². The van der Waals surface area contributed by atoms with Crippen LogP contribution in [0, 0.1) is 5.92 Å². The van der Waals surface area contributed by atoms with Crippen molar-refractivity contribution in [1.29, 1.82) is 0 Å². The van der Waals surface area contributed by atoms with Crippen molar-refractivity contribution in [2.45, 2.75) is 63.8 Å². The van der Waals surface area contributed by atoms with E-state index >= 15 is 0 Å². The van der Waals surface area contributed by atoms with Crippen LogP contribution in [0.5, 0.6) is 0 Å². The molecule has 0 bridgehead atoms. The van der Waals surface area contributed by atoms with E-state index in [9.17, 15) is 4.79 Å². The monoisotopic (exact) mass is 382 g/mol. The summed E-state index contributed by atoms with van der Waals surface area (Å²) < 4.78 is 8.26. The number of fused-ring (bicyclic) bond motifs is 2. The Bertz CT molecular complexity index is 859. The smallest absolute Gasteiger partial charge is 0.222 e. The molecule has 1 amide bonds. The number of ether oxygens (including phenoxy) is 1. The average molecular weight is 383 g/mol. The van der Waals surface area contributed by atoms with Gasteiger partial charge in [-0.25, -0.2) is 4.98 Å². The third-order valence-corrected chi connectivity index (χ3v) is 6.57. The van der Waals surface area contributed by atoms with Gasteiger partial charge in [0.15, 0.2) is 0 Å². The van der Waals surface area contributed by atoms with Gasteiger partial charge in [-0.05, 0) is 37.3 Å². The molecule has 1 aliphatic carbocycles. The van der Waals surface area contributed by atoms with Gasteiger partial charge in [-0.3, -0.25) is 9.69 Å². The molecule has 2 aliphatic heterocycles. The van der Waals surface area contributed by atoms with Gasteiger partial charge in [0, 0.05) is 44.6 Å². The van der Waals surface area contributed by atoms with Gasteiger partial charge in [0.25, 0.3) is 0 Å². The highest BCUT2D eigenvalue weighted by Gasteiger charge is 2.42. The van der Waals surface area contributed by atoms with E-state index < -0.39 is 0 Å². The summed E-state index contributed by atoms with van der Waals surface area (Å²) in [5, 5.41) is 3.27. The maximum absolute atomic E-state index is 12.6. The number of morpholine rings is 1. The fourth-order valence-electron chi connectivity index (χ4n) is 4.92. The second-order valence-electron chi connectivity index (χ2n) is 8.59. The summed E-state index contributed by atoms with van der Waals surface area (Å²) in [6.07, 6.45) is 5.45. The molecular weight excluding hydrogens is 352 g/mol. The molecule has 0 spiro atoms. The largest absolute Gasteiger partial charge is 0.375 e. The Morgan fingerprint density at radius 1 is 1.29 bits per heavy atom. The van der Waals surface area contributed by atoms with Crippen LogP contribution in [0.1, 0.15) is 38.4 Å². The van der Waals surface area contributed by atoms with Crippen LogP contribution in [-0.4, -0.2) is 58.2 Å². The summed E-state index contributed by atoms with van der Waals surface area (Å²) in [7, 11) is 0. The molecule has 3 atom stereocenters. The van der Waals surface area contributed by atoms with E-state index in [0.29, 0.717) is 25.1 Å². The number of aromatic nitrogens is 2. The number of carbonyl (C=O) groups is 1. The zero-order chi connectivity index (χ0) is 19.1. The van der Waals surface area contributed by atoms with Crippen LogP contribution in [0.15, 0.2) is 24.3 Å². The third kappa shape index (κ3) is 3.55. The number of hydrogen-bond acceptors (Lipinski definition) is 4. The zero-order valence-electron chi connectivity index (χ0n) is 16.6. The van der Waals surface area contributed by atoms with E-state index in [1.165, 1.54) is 12.8 Å². The fourth-order valence-corrected chi connectivity index (χ4v) is 4.92. The van der Waals surface area contributed by atoms with Gasteiger partial charge in [-0.15, -0.1) is 0 Å². The molecule has 28 heavy (non-hydrogen) atoms. The summed E-state index contributed by atoms with van der Waals surface area (Å²) in [5.41, 5.74) is 2.13. The molecule has 3 heterocycles. The molecule has 0 unspecified atom stereocenters. The van der Waals surface area contributed by atoms with Gasteiger partial charge in [-0.2, -0.15) is 0 Å². The fraction of sp³-hybridized carbons (Fsp3) is 0.636. The van der Waals surface area contributed by atoms with Crippen LogP contribution in [0.3, 0.4) is 0 Å². The van der Waals surface area contributed by atoms with Crippen molar-refractivity contribution in [2.24, 2.45) is 5.92 Å². The predicted molar refractivity (Wildman–Crippen MR) is 108 cm³/mol. The molecule has 1 N–H and O–H groups in total. The van der Waals surface area contributed by atoms with Crippen molar-refractivity contribution >= 4 is 16.9 Å². The summed E-state index contributed by atoms with van der Waals surface area (Å²) in [4.78, 5) is 19.9. The molecule has 5 rings (SSSR count). The second kappa shape index (κ2) is 7.48. The van der Waals surface area contributed by atoms with Gasteiger partial charge >= 0.3 is 0 Å². The van der Waals surface area contributed by atoms with Crippen LogP contribution in [0.2, 0.25) is 0 Å². The first-order chi connectivity index (χ1) is 13.7. The van der Waals surface area contributed by atoms with Crippen LogP contribution in [-0.2, 0) is 22.5 Å². The average Bonchev–Trinajstić information content (AvgIpc) is 3.38. The Balaban J connectivity index is 1.16. The quantitative estimate of drug-likeness (QED) is 0.833. The number of aryl methyl sites for hydroxylation is 2. The van der Waals surface area contributed by atoms with Gasteiger partial charge in [0.1, 0.15) is 5.82 Å². The number of hydrogen-bond donors (Lipinski definition) is 1. The lowest BCUT2D eigenvalue weighted by molar-refractivity contribution is -0.121. The SMILES string of the molecule is CCc1nc2ccccc2n1CCC(=O)N[C@@H]1C[C@H]2CO[C@@H](C3CC3)CN2C1. The van der Waals surface area contributed by atoms with E-state index in [1.54, 1.807) is 0 Å². The Kier molecular flexibility index (Phi) is 4.85. The molecule has 1 aromatic carbocycles. The molecule has 150 valence electrons. The van der Waals surface area contributed by atoms with Crippen LogP contribution in [0.4, 0.5) is 0 Å². The highest BCUT2D eigenvalue weighted by molar-refractivity contribution is 5.78. The number of benzene rings is 1. The predicted octanol–water partition coefficient (Wildman–Crippen LogP) is 2.36. The summed E-state index contributed by atoms with van der Waals surface area (Å²) in [6.45, 7) is 5.64. The highest BCUT2D eigenvalue weighted by atomic mass is 16.5. The Hall–Kier alpha value is -1.92. The summed E-state index contributed by atoms with van der Waals surface area (Å²) >= 11 is 0. The van der Waals surface area contributed by atoms with Crippen molar-refractivity contribution in [1.82, 2.24) is 19.8 Å². The first-order valence-corrected chi connectivity index (χ1v) is 10.8.